The zero-order chi connectivity index (χ0) is 47.4. The monoisotopic (exact) mass is 896 g/mol. The molecule has 5 nitrogen and oxygen atoms in total. The van der Waals surface area contributed by atoms with Crippen LogP contribution in [0.2, 0.25) is 0 Å². The van der Waals surface area contributed by atoms with Gasteiger partial charge in [-0.1, -0.05) is 194 Å². The van der Waals surface area contributed by atoms with Crippen LogP contribution in [0.1, 0.15) is 65.5 Å². The van der Waals surface area contributed by atoms with Crippen molar-refractivity contribution >= 4 is 32.8 Å². The molecule has 0 bridgehead atoms. The first-order valence-electron chi connectivity index (χ1n) is 24.0. The molecule has 1 atom stereocenters. The summed E-state index contributed by atoms with van der Waals surface area (Å²) in [6.45, 7) is 16.1. The summed E-state index contributed by atoms with van der Waals surface area (Å²) in [6.07, 6.45) is 5.89. The van der Waals surface area contributed by atoms with Gasteiger partial charge in [-0.3, -0.25) is 13.7 Å². The largest absolute Gasteiger partial charge is 0.458 e. The molecule has 0 saturated carbocycles. The number of aromatic nitrogens is 4. The average molecular weight is 897 g/mol. The average Bonchev–Trinajstić information content (AvgIpc) is 3.91. The fourth-order valence-electron chi connectivity index (χ4n) is 9.77. The predicted molar refractivity (Wildman–Crippen MR) is 285 cm³/mol. The topological polar surface area (TPSA) is 35.9 Å². The van der Waals surface area contributed by atoms with Crippen molar-refractivity contribution in [3.05, 3.63) is 224 Å². The molecule has 0 fully saturated rings. The van der Waals surface area contributed by atoms with E-state index >= 15 is 0 Å². The molecule has 11 rings (SSSR count). The minimum Gasteiger partial charge on any atom is -0.458 e. The van der Waals surface area contributed by atoms with Gasteiger partial charge < -0.3 is 4.74 Å². The lowest BCUT2D eigenvalue weighted by molar-refractivity contribution is -0.571. The van der Waals surface area contributed by atoms with E-state index in [0.717, 1.165) is 84.0 Å². The number of fused-ring (bicyclic) bond motifs is 4. The fraction of sp³-hybridized carbons (Fsp3) is 0.156. The summed E-state index contributed by atoms with van der Waals surface area (Å²) in [5, 5.41) is 2.35. The van der Waals surface area contributed by atoms with Gasteiger partial charge in [0, 0.05) is 28.6 Å². The third kappa shape index (κ3) is 8.08. The van der Waals surface area contributed by atoms with Crippen molar-refractivity contribution in [3.63, 3.8) is 0 Å². The second-order valence-electron chi connectivity index (χ2n) is 20.4. The summed E-state index contributed by atoms with van der Waals surface area (Å²) in [5.41, 5.74) is 15.7. The van der Waals surface area contributed by atoms with E-state index in [9.17, 15) is 0 Å². The van der Waals surface area contributed by atoms with Crippen molar-refractivity contribution < 1.29 is 9.30 Å². The van der Waals surface area contributed by atoms with Crippen LogP contribution in [0.5, 0.6) is 11.5 Å². The molecule has 69 heavy (non-hydrogen) atoms. The van der Waals surface area contributed by atoms with Crippen LogP contribution in [0.25, 0.3) is 83.4 Å². The Labute approximate surface area is 405 Å². The number of hydrogen-bond donors (Lipinski definition) is 0. The van der Waals surface area contributed by atoms with Crippen molar-refractivity contribution in [2.24, 2.45) is 5.41 Å². The highest BCUT2D eigenvalue weighted by Gasteiger charge is 2.27. The van der Waals surface area contributed by atoms with E-state index in [0.29, 0.717) is 0 Å². The zero-order valence-electron chi connectivity index (χ0n) is 40.4. The Kier molecular flexibility index (Phi) is 10.9. The summed E-state index contributed by atoms with van der Waals surface area (Å²) in [5.74, 6) is 2.61. The van der Waals surface area contributed by atoms with Crippen molar-refractivity contribution in [2.45, 2.75) is 59.8 Å². The first-order valence-corrected chi connectivity index (χ1v) is 24.0. The Hall–Kier alpha value is -8.02. The molecule has 0 N–H and O–H groups in total. The molecule has 3 heterocycles. The molecule has 8 aromatic carbocycles. The van der Waals surface area contributed by atoms with Crippen molar-refractivity contribution in [3.8, 4) is 62.1 Å². The summed E-state index contributed by atoms with van der Waals surface area (Å²) in [6, 6.07) is 71.0. The van der Waals surface area contributed by atoms with Gasteiger partial charge in [-0.15, -0.1) is 0 Å². The van der Waals surface area contributed by atoms with Crippen LogP contribution in [-0.2, 0) is 5.41 Å². The lowest BCUT2D eigenvalue weighted by atomic mass is 9.76. The number of hydrogen-bond acceptors (Lipinski definition) is 2. The molecule has 0 saturated heterocycles. The molecule has 0 aliphatic carbocycles. The number of benzene rings is 8. The highest BCUT2D eigenvalue weighted by Crippen LogP contribution is 2.43. The molecular weight excluding hydrogens is 841 g/mol. The molecule has 0 aliphatic rings. The van der Waals surface area contributed by atoms with E-state index in [1.165, 1.54) is 22.1 Å². The van der Waals surface area contributed by atoms with Crippen LogP contribution >= 0.6 is 0 Å². The number of para-hydroxylation sites is 3. The van der Waals surface area contributed by atoms with E-state index in [4.69, 9.17) is 9.72 Å². The molecular formula is C64H56N4O. The molecule has 0 radical (unpaired) electrons. The third-order valence-corrected chi connectivity index (χ3v) is 13.9. The Morgan fingerprint density at radius 2 is 1.13 bits per heavy atom. The number of ether oxygens (including phenoxy) is 1. The number of rotatable bonds is 9. The molecule has 11 aromatic rings. The maximum atomic E-state index is 6.89. The number of imidazole rings is 1. The fourth-order valence-corrected chi connectivity index (χ4v) is 9.77. The minimum atomic E-state index is -0.0151. The molecule has 0 aliphatic heterocycles. The lowest BCUT2D eigenvalue weighted by Gasteiger charge is -2.30. The maximum Gasteiger partial charge on any atom is 0.269 e. The van der Waals surface area contributed by atoms with Gasteiger partial charge in [0.05, 0.1) is 33.4 Å². The first kappa shape index (κ1) is 43.5. The standard InChI is InChI=1S/C64H56N4O/c1-43(63(2,3)4)54-40-61(65-41-56(54)46-25-15-10-16-26-46)68-57-36-33-47(64(5,6)7)37-55(57)53-35-34-50(39-60(53)68)69-49-28-19-27-48(38-49)66-42-67(59-32-18-17-31-58(59)66)62-51(44-21-11-8-12-22-44)29-20-30-52(62)45-23-13-9-14-24-45/h8-41,43H,1-7H3. The van der Waals surface area contributed by atoms with E-state index in [1.807, 2.05) is 6.07 Å². The third-order valence-electron chi connectivity index (χ3n) is 13.9. The van der Waals surface area contributed by atoms with Gasteiger partial charge in [0.1, 0.15) is 17.3 Å². The quantitative estimate of drug-likeness (QED) is 0.107. The van der Waals surface area contributed by atoms with Gasteiger partial charge in [0.15, 0.2) is 0 Å². The Morgan fingerprint density at radius 1 is 0.522 bits per heavy atom. The van der Waals surface area contributed by atoms with Gasteiger partial charge in [-0.2, -0.15) is 0 Å². The highest BCUT2D eigenvalue weighted by atomic mass is 16.5. The Bertz CT molecular complexity index is 3610. The highest BCUT2D eigenvalue weighted by molar-refractivity contribution is 6.10. The van der Waals surface area contributed by atoms with Crippen molar-refractivity contribution in [1.82, 2.24) is 14.1 Å². The van der Waals surface area contributed by atoms with Gasteiger partial charge >= 0.3 is 0 Å². The first-order chi connectivity index (χ1) is 33.4. The summed E-state index contributed by atoms with van der Waals surface area (Å²) < 4.78 is 13.6. The predicted octanol–water partition coefficient (Wildman–Crippen LogP) is 16.4. The number of nitrogens with zero attached hydrogens (tertiary/aromatic N) is 4. The van der Waals surface area contributed by atoms with E-state index in [2.05, 4.69) is 269 Å². The van der Waals surface area contributed by atoms with Crippen molar-refractivity contribution in [2.75, 3.05) is 0 Å². The van der Waals surface area contributed by atoms with Crippen LogP contribution in [-0.4, -0.2) is 14.1 Å². The van der Waals surface area contributed by atoms with Gasteiger partial charge in [-0.25, -0.2) is 4.98 Å². The lowest BCUT2D eigenvalue weighted by Crippen LogP contribution is -2.31. The second-order valence-corrected chi connectivity index (χ2v) is 20.4. The van der Waals surface area contributed by atoms with Crippen LogP contribution in [0.15, 0.2) is 206 Å². The molecule has 0 spiro atoms. The Balaban J connectivity index is 1.04. The normalized spacial score (nSPS) is 12.5. The minimum absolute atomic E-state index is 0.0151. The van der Waals surface area contributed by atoms with Gasteiger partial charge in [0.25, 0.3) is 6.33 Å². The van der Waals surface area contributed by atoms with Crippen molar-refractivity contribution in [1.29, 1.82) is 0 Å². The van der Waals surface area contributed by atoms with E-state index < -0.39 is 0 Å². The SMILES string of the molecule is CC(c1cc(-n2c3ccc(C(C)(C)C)cc3c3ccc(Oc4cccc(-n5[c-][n+](-c6c(-c7ccccc7)cccc6-c6ccccc6)c6ccccc65)c4)cc32)ncc1-c1ccccc1)C(C)(C)C. The van der Waals surface area contributed by atoms with Crippen LogP contribution in [0.3, 0.4) is 0 Å². The molecule has 0 amide bonds. The second kappa shape index (κ2) is 17.2. The molecule has 5 heteroatoms. The van der Waals surface area contributed by atoms with Crippen LogP contribution < -0.4 is 9.30 Å². The molecule has 3 aromatic heterocycles. The Morgan fingerprint density at radius 3 is 1.78 bits per heavy atom. The summed E-state index contributed by atoms with van der Waals surface area (Å²) >= 11 is 0. The summed E-state index contributed by atoms with van der Waals surface area (Å²) in [7, 11) is 0. The maximum absolute atomic E-state index is 6.89. The summed E-state index contributed by atoms with van der Waals surface area (Å²) in [4.78, 5) is 5.26. The smallest absolute Gasteiger partial charge is 0.269 e. The van der Waals surface area contributed by atoms with E-state index in [-0.39, 0.29) is 16.7 Å². The van der Waals surface area contributed by atoms with Crippen LogP contribution in [0.4, 0.5) is 0 Å². The van der Waals surface area contributed by atoms with Crippen LogP contribution in [0, 0.1) is 11.7 Å². The van der Waals surface area contributed by atoms with Gasteiger partial charge in [-0.05, 0) is 104 Å². The molecule has 338 valence electrons. The molecule has 1 unspecified atom stereocenters. The zero-order valence-corrected chi connectivity index (χ0v) is 40.4. The van der Waals surface area contributed by atoms with Gasteiger partial charge in [0.2, 0.25) is 0 Å². The van der Waals surface area contributed by atoms with E-state index in [1.54, 1.807) is 0 Å². The number of pyridine rings is 1.